The number of hydrogen-bond acceptors (Lipinski definition) is 6. The van der Waals surface area contributed by atoms with Crippen molar-refractivity contribution in [3.8, 4) is 0 Å². The fraction of sp³-hybridized carbons (Fsp3) is 0.667. The molecule has 1 fully saturated rings. The largest absolute Gasteiger partial charge is 0.512 e. The molecule has 0 aromatic rings. The molecule has 0 atom stereocenters. The number of carbonyl (C=O) groups is 2. The molecular weight excluding hydrogens is 240 g/mol. The Labute approximate surface area is 105 Å². The van der Waals surface area contributed by atoms with Gasteiger partial charge in [0.2, 0.25) is 0 Å². The summed E-state index contributed by atoms with van der Waals surface area (Å²) >= 11 is 0. The van der Waals surface area contributed by atoms with E-state index < -0.39 is 17.5 Å². The highest BCUT2D eigenvalue weighted by molar-refractivity contribution is 6.40. The zero-order valence-corrected chi connectivity index (χ0v) is 10.2. The quantitative estimate of drug-likeness (QED) is 0.595. The van der Waals surface area contributed by atoms with Gasteiger partial charge in [0.05, 0.1) is 25.6 Å². The molecule has 0 saturated carbocycles. The molecule has 0 aromatic carbocycles. The number of ether oxygens (including phenoxy) is 3. The van der Waals surface area contributed by atoms with Crippen LogP contribution in [0.4, 0.5) is 0 Å². The molecular formula is C12H16O6. The van der Waals surface area contributed by atoms with Crippen LogP contribution < -0.4 is 0 Å². The van der Waals surface area contributed by atoms with Gasteiger partial charge >= 0.3 is 5.97 Å². The number of Topliss-reactive ketones (excluding diaryl/α,β-unsaturated/α-hetero) is 1. The van der Waals surface area contributed by atoms with E-state index in [2.05, 4.69) is 4.74 Å². The van der Waals surface area contributed by atoms with Crippen LogP contribution >= 0.6 is 0 Å². The van der Waals surface area contributed by atoms with E-state index in [0.717, 1.165) is 0 Å². The third-order valence-corrected chi connectivity index (χ3v) is 3.09. The average molecular weight is 256 g/mol. The van der Waals surface area contributed by atoms with Crippen molar-refractivity contribution >= 4 is 11.8 Å². The first kappa shape index (κ1) is 13.0. The van der Waals surface area contributed by atoms with Gasteiger partial charge < -0.3 is 19.3 Å². The number of rotatable bonds is 3. The standard InChI is InChI=1S/C12H16O6/c1-2-16-11(15)10(14)8-7-12(4-3-9(8)13)17-5-6-18-12/h13H,2-7H2,1H3. The van der Waals surface area contributed by atoms with Gasteiger partial charge in [-0.15, -0.1) is 0 Å². The second-order valence-electron chi connectivity index (χ2n) is 4.26. The van der Waals surface area contributed by atoms with Gasteiger partial charge in [-0.3, -0.25) is 4.79 Å². The summed E-state index contributed by atoms with van der Waals surface area (Å²) in [6, 6.07) is 0. The van der Waals surface area contributed by atoms with Crippen molar-refractivity contribution in [1.82, 2.24) is 0 Å². The lowest BCUT2D eigenvalue weighted by Gasteiger charge is -2.31. The van der Waals surface area contributed by atoms with Gasteiger partial charge in [-0.2, -0.15) is 0 Å². The number of esters is 1. The van der Waals surface area contributed by atoms with Crippen molar-refractivity contribution in [1.29, 1.82) is 0 Å². The molecule has 1 spiro atoms. The zero-order chi connectivity index (χ0) is 13.2. The topological polar surface area (TPSA) is 82.1 Å². The first-order valence-corrected chi connectivity index (χ1v) is 5.98. The number of ketones is 1. The number of hydrogen-bond donors (Lipinski definition) is 1. The van der Waals surface area contributed by atoms with E-state index in [9.17, 15) is 14.7 Å². The molecule has 100 valence electrons. The molecule has 6 nitrogen and oxygen atoms in total. The van der Waals surface area contributed by atoms with Crippen LogP contribution in [-0.2, 0) is 23.8 Å². The maximum absolute atomic E-state index is 11.8. The molecule has 1 N–H and O–H groups in total. The second kappa shape index (κ2) is 5.07. The minimum atomic E-state index is -0.950. The van der Waals surface area contributed by atoms with Gasteiger partial charge in [-0.1, -0.05) is 0 Å². The molecule has 0 unspecified atom stereocenters. The summed E-state index contributed by atoms with van der Waals surface area (Å²) < 4.78 is 15.6. The Bertz CT molecular complexity index is 391. The second-order valence-corrected chi connectivity index (χ2v) is 4.26. The smallest absolute Gasteiger partial charge is 0.379 e. The molecule has 0 amide bonds. The Balaban J connectivity index is 2.15. The van der Waals surface area contributed by atoms with Gasteiger partial charge in [0.25, 0.3) is 5.78 Å². The lowest BCUT2D eigenvalue weighted by atomic mass is 9.89. The summed E-state index contributed by atoms with van der Waals surface area (Å²) in [6.45, 7) is 2.66. The van der Waals surface area contributed by atoms with Crippen molar-refractivity contribution in [2.75, 3.05) is 19.8 Å². The molecule has 0 radical (unpaired) electrons. The van der Waals surface area contributed by atoms with Gasteiger partial charge in [-0.05, 0) is 6.92 Å². The van der Waals surface area contributed by atoms with E-state index in [0.29, 0.717) is 19.6 Å². The Morgan fingerprint density at radius 2 is 2.06 bits per heavy atom. The highest BCUT2D eigenvalue weighted by atomic mass is 16.7. The Morgan fingerprint density at radius 1 is 1.39 bits per heavy atom. The first-order chi connectivity index (χ1) is 8.58. The van der Waals surface area contributed by atoms with Crippen molar-refractivity contribution in [3.63, 3.8) is 0 Å². The Morgan fingerprint density at radius 3 is 2.67 bits per heavy atom. The summed E-state index contributed by atoms with van der Waals surface area (Å²) in [5.74, 6) is -2.69. The molecule has 2 rings (SSSR count). The van der Waals surface area contributed by atoms with Gasteiger partial charge in [0.15, 0.2) is 5.79 Å². The van der Waals surface area contributed by atoms with Crippen molar-refractivity contribution in [2.45, 2.75) is 32.0 Å². The fourth-order valence-corrected chi connectivity index (χ4v) is 2.19. The molecule has 0 aromatic heterocycles. The highest BCUT2D eigenvalue weighted by Crippen LogP contribution is 2.38. The fourth-order valence-electron chi connectivity index (χ4n) is 2.19. The number of carbonyl (C=O) groups excluding carboxylic acids is 2. The lowest BCUT2D eigenvalue weighted by Crippen LogP contribution is -2.37. The molecule has 6 heteroatoms. The van der Waals surface area contributed by atoms with Crippen LogP contribution in [0.15, 0.2) is 11.3 Å². The molecule has 1 heterocycles. The third-order valence-electron chi connectivity index (χ3n) is 3.09. The van der Waals surface area contributed by atoms with Crippen LogP contribution in [0.1, 0.15) is 26.2 Å². The summed E-state index contributed by atoms with van der Waals surface area (Å²) in [5.41, 5.74) is 0.0431. The van der Waals surface area contributed by atoms with E-state index in [1.807, 2.05) is 0 Å². The molecule has 1 aliphatic heterocycles. The minimum Gasteiger partial charge on any atom is -0.512 e. The van der Waals surface area contributed by atoms with Gasteiger partial charge in [0.1, 0.15) is 0 Å². The molecule has 1 saturated heterocycles. The molecule has 0 bridgehead atoms. The van der Waals surface area contributed by atoms with E-state index >= 15 is 0 Å². The molecule has 1 aliphatic carbocycles. The van der Waals surface area contributed by atoms with Crippen molar-refractivity contribution < 1.29 is 28.9 Å². The maximum atomic E-state index is 11.8. The third kappa shape index (κ3) is 2.39. The SMILES string of the molecule is CCOC(=O)C(=O)C1=C(O)CCC2(C1)OCCO2. The summed E-state index contributed by atoms with van der Waals surface area (Å²) in [7, 11) is 0. The normalized spacial score (nSPS) is 22.3. The minimum absolute atomic E-state index is 0.0431. The van der Waals surface area contributed by atoms with Gasteiger partial charge in [0, 0.05) is 24.8 Å². The maximum Gasteiger partial charge on any atom is 0.379 e. The summed E-state index contributed by atoms with van der Waals surface area (Å²) in [4.78, 5) is 23.2. The predicted octanol–water partition coefficient (Wildman–Crippen LogP) is 0.858. The van der Waals surface area contributed by atoms with E-state index in [4.69, 9.17) is 9.47 Å². The Kier molecular flexibility index (Phi) is 3.68. The summed E-state index contributed by atoms with van der Waals surface area (Å²) in [5, 5.41) is 9.74. The number of aliphatic hydroxyl groups excluding tert-OH is 1. The van der Waals surface area contributed by atoms with Gasteiger partial charge in [-0.25, -0.2) is 4.79 Å². The Hall–Kier alpha value is -1.40. The van der Waals surface area contributed by atoms with Crippen LogP contribution in [0.2, 0.25) is 0 Å². The number of aliphatic hydroxyl groups is 1. The predicted molar refractivity (Wildman–Crippen MR) is 59.8 cm³/mol. The summed E-state index contributed by atoms with van der Waals surface area (Å²) in [6.07, 6.45) is 0.843. The van der Waals surface area contributed by atoms with Crippen molar-refractivity contribution in [3.05, 3.63) is 11.3 Å². The molecule has 2 aliphatic rings. The van der Waals surface area contributed by atoms with Crippen LogP contribution in [0, 0.1) is 0 Å². The van der Waals surface area contributed by atoms with Crippen molar-refractivity contribution in [2.24, 2.45) is 0 Å². The van der Waals surface area contributed by atoms with Crippen LogP contribution in [0.3, 0.4) is 0 Å². The average Bonchev–Trinajstić information content (AvgIpc) is 2.81. The zero-order valence-electron chi connectivity index (χ0n) is 10.2. The van der Waals surface area contributed by atoms with E-state index in [1.165, 1.54) is 0 Å². The lowest BCUT2D eigenvalue weighted by molar-refractivity contribution is -0.168. The monoisotopic (exact) mass is 256 g/mol. The van der Waals surface area contributed by atoms with E-state index in [-0.39, 0.29) is 30.8 Å². The number of allylic oxidation sites excluding steroid dienone is 1. The van der Waals surface area contributed by atoms with E-state index in [1.54, 1.807) is 6.92 Å². The van der Waals surface area contributed by atoms with Crippen LogP contribution in [0.25, 0.3) is 0 Å². The van der Waals surface area contributed by atoms with Crippen LogP contribution in [-0.4, -0.2) is 42.5 Å². The first-order valence-electron chi connectivity index (χ1n) is 5.98. The highest BCUT2D eigenvalue weighted by Gasteiger charge is 2.43. The van der Waals surface area contributed by atoms with Crippen LogP contribution in [0.5, 0.6) is 0 Å². The molecule has 18 heavy (non-hydrogen) atoms.